The minimum Gasteiger partial charge on any atom is -0.490 e. The van der Waals surface area contributed by atoms with Gasteiger partial charge in [-0.15, -0.1) is 0 Å². The fourth-order valence-corrected chi connectivity index (χ4v) is 2.43. The Bertz CT molecular complexity index is 581. The Morgan fingerprint density at radius 1 is 1.32 bits per heavy atom. The van der Waals surface area contributed by atoms with E-state index in [1.165, 1.54) is 23.1 Å². The maximum atomic E-state index is 11.8. The molecule has 0 saturated heterocycles. The van der Waals surface area contributed by atoms with Crippen molar-refractivity contribution in [2.45, 2.75) is 24.8 Å². The molecule has 0 aliphatic rings. The third kappa shape index (κ3) is 4.11. The summed E-state index contributed by atoms with van der Waals surface area (Å²) >= 11 is 0. The van der Waals surface area contributed by atoms with Crippen LogP contribution in [0.15, 0.2) is 23.1 Å². The number of rotatable bonds is 4. The fraction of sp³-hybridized carbons (Fsp3) is 0.417. The summed E-state index contributed by atoms with van der Waals surface area (Å²) in [5, 5.41) is 0. The normalized spacial score (nSPS) is 11.5. The van der Waals surface area contributed by atoms with Crippen molar-refractivity contribution in [2.24, 2.45) is 0 Å². The van der Waals surface area contributed by atoms with Crippen LogP contribution in [0, 0.1) is 0 Å². The number of ether oxygens (including phenoxy) is 1. The molecule has 1 rings (SSSR count). The van der Waals surface area contributed by atoms with E-state index in [4.69, 9.17) is 15.4 Å². The summed E-state index contributed by atoms with van der Waals surface area (Å²) in [5.41, 5.74) is 0.236. The molecule has 1 amide bonds. The van der Waals surface area contributed by atoms with Gasteiger partial charge in [-0.3, -0.25) is 4.79 Å². The SMILES string of the molecule is CC(C)Oc1ccc(C(=O)N(C)C)cc1S(=O)(=O)Cl. The molecule has 106 valence electrons. The highest BCUT2D eigenvalue weighted by molar-refractivity contribution is 8.13. The first-order valence-electron chi connectivity index (χ1n) is 5.60. The molecule has 1 aromatic carbocycles. The molecule has 0 spiro atoms. The van der Waals surface area contributed by atoms with Crippen LogP contribution in [0.5, 0.6) is 5.75 Å². The lowest BCUT2D eigenvalue weighted by Crippen LogP contribution is -2.22. The standard InChI is InChI=1S/C12H16ClNO4S/c1-8(2)18-10-6-5-9(12(15)14(3)4)7-11(10)19(13,16)17/h5-8H,1-4H3. The second kappa shape index (κ2) is 5.79. The van der Waals surface area contributed by atoms with Crippen molar-refractivity contribution in [1.29, 1.82) is 0 Å². The predicted molar refractivity (Wildman–Crippen MR) is 73.3 cm³/mol. The summed E-state index contributed by atoms with van der Waals surface area (Å²) in [7, 11) is 4.54. The molecule has 0 radical (unpaired) electrons. The maximum absolute atomic E-state index is 11.8. The molecule has 0 saturated carbocycles. The first-order valence-corrected chi connectivity index (χ1v) is 7.91. The molecule has 7 heteroatoms. The molecular formula is C12H16ClNO4S. The molecule has 5 nitrogen and oxygen atoms in total. The number of hydrogen-bond donors (Lipinski definition) is 0. The predicted octanol–water partition coefficient (Wildman–Crippen LogP) is 2.10. The monoisotopic (exact) mass is 305 g/mol. The zero-order valence-electron chi connectivity index (χ0n) is 11.2. The van der Waals surface area contributed by atoms with Crippen LogP contribution in [0.3, 0.4) is 0 Å². The molecule has 0 N–H and O–H groups in total. The van der Waals surface area contributed by atoms with Crippen LogP contribution in [0.1, 0.15) is 24.2 Å². The third-order valence-electron chi connectivity index (χ3n) is 2.22. The van der Waals surface area contributed by atoms with E-state index in [2.05, 4.69) is 0 Å². The topological polar surface area (TPSA) is 63.7 Å². The van der Waals surface area contributed by atoms with Gasteiger partial charge in [0.1, 0.15) is 10.6 Å². The summed E-state index contributed by atoms with van der Waals surface area (Å²) in [6.45, 7) is 3.53. The highest BCUT2D eigenvalue weighted by Gasteiger charge is 2.21. The van der Waals surface area contributed by atoms with E-state index in [1.807, 2.05) is 0 Å². The van der Waals surface area contributed by atoms with Gasteiger partial charge in [0.2, 0.25) is 0 Å². The van der Waals surface area contributed by atoms with Crippen LogP contribution in [0.4, 0.5) is 0 Å². The van der Waals surface area contributed by atoms with Crippen LogP contribution in [-0.2, 0) is 9.05 Å². The maximum Gasteiger partial charge on any atom is 0.265 e. The Labute approximate surface area is 117 Å². The Balaban J connectivity index is 3.36. The number of amides is 1. The van der Waals surface area contributed by atoms with E-state index in [1.54, 1.807) is 27.9 Å². The Morgan fingerprint density at radius 3 is 2.32 bits per heavy atom. The van der Waals surface area contributed by atoms with Crippen molar-refractivity contribution in [3.8, 4) is 5.75 Å². The van der Waals surface area contributed by atoms with Crippen molar-refractivity contribution in [3.63, 3.8) is 0 Å². The number of hydrogen-bond acceptors (Lipinski definition) is 4. The summed E-state index contributed by atoms with van der Waals surface area (Å²) in [4.78, 5) is 13.0. The number of benzene rings is 1. The molecule has 0 unspecified atom stereocenters. The Morgan fingerprint density at radius 2 is 1.89 bits per heavy atom. The first kappa shape index (κ1) is 15.8. The van der Waals surface area contributed by atoms with Gasteiger partial charge >= 0.3 is 0 Å². The van der Waals surface area contributed by atoms with Crippen LogP contribution in [0.2, 0.25) is 0 Å². The van der Waals surface area contributed by atoms with Gasteiger partial charge in [0.15, 0.2) is 0 Å². The van der Waals surface area contributed by atoms with Crippen molar-refractivity contribution in [2.75, 3.05) is 14.1 Å². The smallest absolute Gasteiger partial charge is 0.265 e. The van der Waals surface area contributed by atoms with E-state index in [-0.39, 0.29) is 28.2 Å². The average molecular weight is 306 g/mol. The molecule has 1 aromatic rings. The van der Waals surface area contributed by atoms with E-state index in [0.717, 1.165) is 0 Å². The van der Waals surface area contributed by atoms with Crippen molar-refractivity contribution in [3.05, 3.63) is 23.8 Å². The van der Waals surface area contributed by atoms with Gasteiger partial charge in [0.05, 0.1) is 6.10 Å². The van der Waals surface area contributed by atoms with Gasteiger partial charge in [-0.2, -0.15) is 0 Å². The van der Waals surface area contributed by atoms with E-state index in [9.17, 15) is 13.2 Å². The molecule has 0 aliphatic carbocycles. The van der Waals surface area contributed by atoms with Gasteiger partial charge in [-0.05, 0) is 32.0 Å². The van der Waals surface area contributed by atoms with Crippen LogP contribution in [0.25, 0.3) is 0 Å². The van der Waals surface area contributed by atoms with Crippen molar-refractivity contribution >= 4 is 25.6 Å². The van der Waals surface area contributed by atoms with E-state index in [0.29, 0.717) is 0 Å². The molecule has 19 heavy (non-hydrogen) atoms. The summed E-state index contributed by atoms with van der Waals surface area (Å²) in [6.07, 6.45) is -0.201. The summed E-state index contributed by atoms with van der Waals surface area (Å²) in [5.74, 6) is -0.169. The number of halogens is 1. The van der Waals surface area contributed by atoms with Gasteiger partial charge < -0.3 is 9.64 Å². The minimum absolute atomic E-state index is 0.139. The lowest BCUT2D eigenvalue weighted by atomic mass is 10.2. The Kier molecular flexibility index (Phi) is 4.81. The molecule has 0 bridgehead atoms. The second-order valence-electron chi connectivity index (χ2n) is 4.47. The number of nitrogens with zero attached hydrogens (tertiary/aromatic N) is 1. The average Bonchev–Trinajstić information content (AvgIpc) is 2.26. The molecule has 0 fully saturated rings. The van der Waals surface area contributed by atoms with Crippen LogP contribution in [-0.4, -0.2) is 39.4 Å². The summed E-state index contributed by atoms with van der Waals surface area (Å²) < 4.78 is 28.5. The number of carbonyl (C=O) groups excluding carboxylic acids is 1. The summed E-state index contributed by atoms with van der Waals surface area (Å²) in [6, 6.07) is 4.17. The van der Waals surface area contributed by atoms with Crippen LogP contribution >= 0.6 is 10.7 Å². The lowest BCUT2D eigenvalue weighted by Gasteiger charge is -2.15. The van der Waals surface area contributed by atoms with Gasteiger partial charge in [0.25, 0.3) is 15.0 Å². The molecular weight excluding hydrogens is 290 g/mol. The van der Waals surface area contributed by atoms with E-state index < -0.39 is 9.05 Å². The van der Waals surface area contributed by atoms with Gasteiger partial charge in [-0.25, -0.2) is 8.42 Å². The molecule has 0 atom stereocenters. The lowest BCUT2D eigenvalue weighted by molar-refractivity contribution is 0.0827. The first-order chi connectivity index (χ1) is 8.62. The fourth-order valence-electron chi connectivity index (χ4n) is 1.44. The zero-order valence-corrected chi connectivity index (χ0v) is 12.7. The molecule has 0 aromatic heterocycles. The van der Waals surface area contributed by atoms with Crippen molar-refractivity contribution < 1.29 is 17.9 Å². The zero-order chi connectivity index (χ0) is 14.8. The highest BCUT2D eigenvalue weighted by Crippen LogP contribution is 2.29. The van der Waals surface area contributed by atoms with Crippen LogP contribution < -0.4 is 4.74 Å². The largest absolute Gasteiger partial charge is 0.490 e. The number of carbonyl (C=O) groups is 1. The Hall–Kier alpha value is -1.27. The minimum atomic E-state index is -3.98. The molecule has 0 heterocycles. The van der Waals surface area contributed by atoms with Crippen molar-refractivity contribution in [1.82, 2.24) is 4.90 Å². The quantitative estimate of drug-likeness (QED) is 0.799. The highest BCUT2D eigenvalue weighted by atomic mass is 35.7. The van der Waals surface area contributed by atoms with Gasteiger partial charge in [-0.1, -0.05) is 0 Å². The van der Waals surface area contributed by atoms with Gasteiger partial charge in [0, 0.05) is 30.3 Å². The second-order valence-corrected chi connectivity index (χ2v) is 7.00. The third-order valence-corrected chi connectivity index (χ3v) is 3.57. The molecule has 0 aliphatic heterocycles. The van der Waals surface area contributed by atoms with E-state index >= 15 is 0 Å².